The van der Waals surface area contributed by atoms with E-state index in [4.69, 9.17) is 58.0 Å². The summed E-state index contributed by atoms with van der Waals surface area (Å²) >= 11 is 33.1. The van der Waals surface area contributed by atoms with Gasteiger partial charge >= 0.3 is 0 Å². The Morgan fingerprint density at radius 2 is 1.64 bits per heavy atom. The van der Waals surface area contributed by atoms with Crippen molar-refractivity contribution in [3.63, 3.8) is 0 Å². The minimum Gasteiger partial charge on any atom is -0.265 e. The zero-order valence-corrected chi connectivity index (χ0v) is 19.7. The molecule has 12 heteroatoms. The van der Waals surface area contributed by atoms with Crippen molar-refractivity contribution in [3.05, 3.63) is 71.7 Å². The summed E-state index contributed by atoms with van der Waals surface area (Å²) in [7, 11) is -4.05. The Kier molecular flexibility index (Phi) is 6.76. The summed E-state index contributed by atoms with van der Waals surface area (Å²) in [6.45, 7) is 0.309. The second kappa shape index (κ2) is 8.60. The number of nitrogens with zero attached hydrogens (tertiary/aromatic N) is 2. The maximum absolute atomic E-state index is 12.7. The van der Waals surface area contributed by atoms with E-state index in [0.717, 1.165) is 5.56 Å². The molecule has 0 aliphatic carbocycles. The number of anilines is 1. The Balaban J connectivity index is 1.88. The SMILES string of the molecule is O=S(=O)(Nc1nn(Cc2ccc(Cl)cc2Cl)cc1Br)c1cc(Cl)c(Cl)cc1Cl. The quantitative estimate of drug-likeness (QED) is 0.349. The highest BCUT2D eigenvalue weighted by atomic mass is 79.9. The summed E-state index contributed by atoms with van der Waals surface area (Å²) in [4.78, 5) is -0.217. The van der Waals surface area contributed by atoms with E-state index < -0.39 is 10.0 Å². The monoisotopic (exact) mass is 561 g/mol. The number of rotatable bonds is 5. The highest BCUT2D eigenvalue weighted by Gasteiger charge is 2.22. The molecule has 0 aliphatic rings. The van der Waals surface area contributed by atoms with Crippen LogP contribution in [0.4, 0.5) is 5.82 Å². The van der Waals surface area contributed by atoms with Crippen LogP contribution in [0.15, 0.2) is 45.9 Å². The van der Waals surface area contributed by atoms with E-state index in [9.17, 15) is 8.42 Å². The largest absolute Gasteiger partial charge is 0.265 e. The molecule has 0 bridgehead atoms. The third kappa shape index (κ3) is 4.90. The molecular formula is C16H9BrCl5N3O2S. The summed E-state index contributed by atoms with van der Waals surface area (Å²) in [5.74, 6) is 0.0761. The molecule has 0 saturated carbocycles. The average molecular weight is 565 g/mol. The van der Waals surface area contributed by atoms with Crippen molar-refractivity contribution >= 4 is 89.8 Å². The van der Waals surface area contributed by atoms with Gasteiger partial charge in [-0.3, -0.25) is 9.40 Å². The fraction of sp³-hybridized carbons (Fsp3) is 0.0625. The number of sulfonamides is 1. The number of hydrogen-bond donors (Lipinski definition) is 1. The van der Waals surface area contributed by atoms with Gasteiger partial charge in [-0.15, -0.1) is 0 Å². The summed E-state index contributed by atoms with van der Waals surface area (Å²) in [5.41, 5.74) is 0.767. The van der Waals surface area contributed by atoms with Gasteiger partial charge in [0, 0.05) is 16.2 Å². The van der Waals surface area contributed by atoms with E-state index in [0.29, 0.717) is 21.1 Å². The van der Waals surface area contributed by atoms with Gasteiger partial charge < -0.3 is 0 Å². The van der Waals surface area contributed by atoms with E-state index in [1.165, 1.54) is 16.8 Å². The number of hydrogen-bond acceptors (Lipinski definition) is 3. The van der Waals surface area contributed by atoms with E-state index >= 15 is 0 Å². The first-order valence-electron chi connectivity index (χ1n) is 7.41. The lowest BCUT2D eigenvalue weighted by Crippen LogP contribution is -2.14. The van der Waals surface area contributed by atoms with Gasteiger partial charge in [-0.25, -0.2) is 8.42 Å². The predicted molar refractivity (Wildman–Crippen MR) is 118 cm³/mol. The van der Waals surface area contributed by atoms with Gasteiger partial charge in [0.15, 0.2) is 5.82 Å². The Morgan fingerprint density at radius 3 is 2.32 bits per heavy atom. The Labute approximate surface area is 194 Å². The van der Waals surface area contributed by atoms with Gasteiger partial charge in [0.1, 0.15) is 4.90 Å². The number of halogens is 6. The van der Waals surface area contributed by atoms with Gasteiger partial charge in [-0.05, 0) is 45.8 Å². The molecule has 0 spiro atoms. The van der Waals surface area contributed by atoms with Crippen molar-refractivity contribution in [1.29, 1.82) is 0 Å². The molecule has 2 aromatic carbocycles. The Morgan fingerprint density at radius 1 is 0.964 bits per heavy atom. The van der Waals surface area contributed by atoms with Crippen LogP contribution in [0.1, 0.15) is 5.56 Å². The normalized spacial score (nSPS) is 11.6. The highest BCUT2D eigenvalue weighted by molar-refractivity contribution is 9.10. The highest BCUT2D eigenvalue weighted by Crippen LogP contribution is 2.33. The lowest BCUT2D eigenvalue weighted by molar-refractivity contribution is 0.600. The molecule has 0 amide bonds. The summed E-state index contributed by atoms with van der Waals surface area (Å²) in [6.07, 6.45) is 1.61. The van der Waals surface area contributed by atoms with Gasteiger partial charge in [-0.1, -0.05) is 64.1 Å². The average Bonchev–Trinajstić information content (AvgIpc) is 2.92. The molecule has 0 saturated heterocycles. The first-order valence-corrected chi connectivity index (χ1v) is 11.6. The van der Waals surface area contributed by atoms with Gasteiger partial charge in [0.05, 0.1) is 26.1 Å². The first-order chi connectivity index (χ1) is 13.1. The second-order valence-corrected chi connectivity index (χ2v) is 10.1. The lowest BCUT2D eigenvalue weighted by Gasteiger charge is -2.09. The smallest absolute Gasteiger partial charge is 0.264 e. The van der Waals surface area contributed by atoms with Crippen molar-refractivity contribution in [2.75, 3.05) is 4.72 Å². The molecule has 1 aromatic heterocycles. The molecule has 148 valence electrons. The molecule has 1 N–H and O–H groups in total. The molecule has 0 unspecified atom stereocenters. The summed E-state index contributed by atoms with van der Waals surface area (Å²) in [6, 6.07) is 7.52. The number of nitrogens with one attached hydrogen (secondary N) is 1. The minimum atomic E-state index is -4.05. The molecule has 0 aliphatic heterocycles. The summed E-state index contributed by atoms with van der Waals surface area (Å²) in [5, 5.41) is 5.37. The first kappa shape index (κ1) is 22.0. The zero-order chi connectivity index (χ0) is 20.6. The van der Waals surface area contributed by atoms with Crippen molar-refractivity contribution in [2.24, 2.45) is 0 Å². The fourth-order valence-electron chi connectivity index (χ4n) is 2.26. The van der Waals surface area contributed by atoms with Crippen LogP contribution < -0.4 is 4.72 Å². The molecule has 3 rings (SSSR count). The van der Waals surface area contributed by atoms with Gasteiger partial charge in [0.25, 0.3) is 10.0 Å². The van der Waals surface area contributed by atoms with Gasteiger partial charge in [-0.2, -0.15) is 5.10 Å². The van der Waals surface area contributed by atoms with Crippen LogP contribution in [-0.2, 0) is 16.6 Å². The zero-order valence-electron chi connectivity index (χ0n) is 13.6. The van der Waals surface area contributed by atoms with Crippen molar-refractivity contribution < 1.29 is 8.42 Å². The Hall–Kier alpha value is -0.670. The molecule has 0 radical (unpaired) electrons. The van der Waals surface area contributed by atoms with Crippen LogP contribution in [0.25, 0.3) is 0 Å². The molecule has 1 heterocycles. The molecular weight excluding hydrogens is 555 g/mol. The van der Waals surface area contributed by atoms with Gasteiger partial charge in [0.2, 0.25) is 0 Å². The predicted octanol–water partition coefficient (Wildman–Crippen LogP) is 6.76. The van der Waals surface area contributed by atoms with Crippen molar-refractivity contribution in [1.82, 2.24) is 9.78 Å². The van der Waals surface area contributed by atoms with Crippen LogP contribution in [0.5, 0.6) is 0 Å². The maximum Gasteiger partial charge on any atom is 0.264 e. The maximum atomic E-state index is 12.7. The van der Waals surface area contributed by atoms with E-state index in [-0.39, 0.29) is 25.8 Å². The third-order valence-electron chi connectivity index (χ3n) is 3.56. The van der Waals surface area contributed by atoms with Crippen molar-refractivity contribution in [2.45, 2.75) is 11.4 Å². The third-order valence-corrected chi connectivity index (χ3v) is 7.25. The van der Waals surface area contributed by atoms with Crippen molar-refractivity contribution in [3.8, 4) is 0 Å². The molecule has 0 atom stereocenters. The van der Waals surface area contributed by atoms with Crippen LogP contribution >= 0.6 is 73.9 Å². The van der Waals surface area contributed by atoms with Crippen LogP contribution in [0.3, 0.4) is 0 Å². The lowest BCUT2D eigenvalue weighted by atomic mass is 10.2. The number of aromatic nitrogens is 2. The fourth-order valence-corrected chi connectivity index (χ4v) is 5.30. The molecule has 5 nitrogen and oxygen atoms in total. The molecule has 3 aromatic rings. The second-order valence-electron chi connectivity index (χ2n) is 5.56. The van der Waals surface area contributed by atoms with E-state index in [2.05, 4.69) is 25.8 Å². The standard InChI is InChI=1S/C16H9BrCl5N3O2S/c17-10-7-25(6-8-1-2-9(18)3-11(8)19)23-16(10)24-28(26,27)15-5-13(21)12(20)4-14(15)22/h1-5,7H,6H2,(H,23,24). The topological polar surface area (TPSA) is 64.0 Å². The van der Waals surface area contributed by atoms with Crippen LogP contribution in [-0.4, -0.2) is 18.2 Å². The number of benzene rings is 2. The minimum absolute atomic E-state index is 0.0633. The summed E-state index contributed by atoms with van der Waals surface area (Å²) < 4.78 is 29.7. The molecule has 0 fully saturated rings. The van der Waals surface area contributed by atoms with E-state index in [1.807, 2.05) is 0 Å². The van der Waals surface area contributed by atoms with Crippen LogP contribution in [0.2, 0.25) is 25.1 Å². The van der Waals surface area contributed by atoms with Crippen LogP contribution in [0, 0.1) is 0 Å². The van der Waals surface area contributed by atoms with E-state index in [1.54, 1.807) is 24.4 Å². The Bertz CT molecular complexity index is 1170. The molecule has 28 heavy (non-hydrogen) atoms.